The Kier molecular flexibility index (Phi) is 6.84. The monoisotopic (exact) mass is 519 g/mol. The predicted octanol–water partition coefficient (Wildman–Crippen LogP) is 5.95. The second-order valence-electron chi connectivity index (χ2n) is 9.53. The van der Waals surface area contributed by atoms with E-state index in [0.717, 1.165) is 71.0 Å². The van der Waals surface area contributed by atoms with E-state index in [1.807, 2.05) is 41.3 Å². The first-order valence-corrected chi connectivity index (χ1v) is 14.0. The molecular formula is C28H30FN5O2S. The van der Waals surface area contributed by atoms with Gasteiger partial charge in [0.25, 0.3) is 0 Å². The standard InChI is InChI=1S/C28H30FN5O2S/c1-18-17-35-14-12-33(18)25-16-21(22-15-19(37-2)6-7-23(22)29)20-8-10-30-28(27(20)32-25)24-9-11-31-34(24)26-5-3-4-13-36-26/h6-11,15-16,18,26H,3-5,12-14,17H2,1-2H3. The zero-order valence-corrected chi connectivity index (χ0v) is 21.9. The van der Waals surface area contributed by atoms with Gasteiger partial charge in [-0.3, -0.25) is 4.98 Å². The first-order chi connectivity index (χ1) is 18.1. The van der Waals surface area contributed by atoms with Crippen LogP contribution in [0, 0.1) is 5.82 Å². The number of halogens is 1. The number of thioether (sulfide) groups is 1. The molecule has 2 aliphatic heterocycles. The Bertz CT molecular complexity index is 1420. The van der Waals surface area contributed by atoms with Gasteiger partial charge in [-0.25, -0.2) is 14.1 Å². The van der Waals surface area contributed by atoms with E-state index in [9.17, 15) is 0 Å². The molecule has 37 heavy (non-hydrogen) atoms. The van der Waals surface area contributed by atoms with Crippen molar-refractivity contribution in [2.75, 3.05) is 37.5 Å². The van der Waals surface area contributed by atoms with Crippen molar-refractivity contribution in [3.63, 3.8) is 0 Å². The van der Waals surface area contributed by atoms with Crippen molar-refractivity contribution in [2.45, 2.75) is 43.4 Å². The van der Waals surface area contributed by atoms with Crippen LogP contribution in [0.1, 0.15) is 32.4 Å². The smallest absolute Gasteiger partial charge is 0.150 e. The highest BCUT2D eigenvalue weighted by Crippen LogP contribution is 2.39. The summed E-state index contributed by atoms with van der Waals surface area (Å²) in [7, 11) is 0. The number of pyridine rings is 2. The van der Waals surface area contributed by atoms with Crippen LogP contribution in [-0.4, -0.2) is 58.4 Å². The molecule has 0 amide bonds. The highest BCUT2D eigenvalue weighted by atomic mass is 32.2. The first kappa shape index (κ1) is 24.3. The van der Waals surface area contributed by atoms with E-state index in [0.29, 0.717) is 18.8 Å². The molecule has 6 rings (SSSR count). The minimum atomic E-state index is -0.259. The number of morpholine rings is 1. The Morgan fingerprint density at radius 3 is 2.78 bits per heavy atom. The molecule has 1 aromatic carbocycles. The molecule has 0 saturated carbocycles. The van der Waals surface area contributed by atoms with Crippen molar-refractivity contribution in [2.24, 2.45) is 0 Å². The Balaban J connectivity index is 1.59. The second-order valence-corrected chi connectivity index (χ2v) is 10.4. The normalized spacial score (nSPS) is 20.5. The lowest BCUT2D eigenvalue weighted by Gasteiger charge is -2.34. The summed E-state index contributed by atoms with van der Waals surface area (Å²) in [6, 6.07) is 11.3. The summed E-state index contributed by atoms with van der Waals surface area (Å²) < 4.78 is 29.0. The molecule has 0 aliphatic carbocycles. The molecule has 2 unspecified atom stereocenters. The number of hydrogen-bond donors (Lipinski definition) is 0. The second kappa shape index (κ2) is 10.4. The van der Waals surface area contributed by atoms with Gasteiger partial charge in [0.05, 0.1) is 24.9 Å². The van der Waals surface area contributed by atoms with Gasteiger partial charge in [0.2, 0.25) is 0 Å². The SMILES string of the molecule is CSc1ccc(F)c(-c2cc(N3CCOCC3C)nc3c(-c4ccnn4C4CCCCO4)nccc23)c1. The largest absolute Gasteiger partial charge is 0.377 e. The van der Waals surface area contributed by atoms with Gasteiger partial charge in [0.15, 0.2) is 6.23 Å². The Labute approximate surface area is 220 Å². The van der Waals surface area contributed by atoms with E-state index in [1.165, 1.54) is 0 Å². The van der Waals surface area contributed by atoms with Crippen LogP contribution >= 0.6 is 11.8 Å². The summed E-state index contributed by atoms with van der Waals surface area (Å²) in [5.41, 5.74) is 3.65. The molecule has 5 heterocycles. The van der Waals surface area contributed by atoms with Gasteiger partial charge in [0, 0.05) is 41.4 Å². The van der Waals surface area contributed by atoms with Crippen molar-refractivity contribution < 1.29 is 13.9 Å². The lowest BCUT2D eigenvalue weighted by molar-refractivity contribution is -0.0383. The van der Waals surface area contributed by atoms with Crippen molar-refractivity contribution in [1.82, 2.24) is 19.7 Å². The first-order valence-electron chi connectivity index (χ1n) is 12.8. The summed E-state index contributed by atoms with van der Waals surface area (Å²) in [5.74, 6) is 0.534. The number of anilines is 1. The molecular weight excluding hydrogens is 489 g/mol. The molecule has 192 valence electrons. The number of aromatic nitrogens is 4. The fraction of sp³-hybridized carbons (Fsp3) is 0.393. The number of nitrogens with zero attached hydrogens (tertiary/aromatic N) is 5. The lowest BCUT2D eigenvalue weighted by atomic mass is 9.99. The van der Waals surface area contributed by atoms with Crippen LogP contribution in [0.2, 0.25) is 0 Å². The fourth-order valence-electron chi connectivity index (χ4n) is 5.25. The van der Waals surface area contributed by atoms with Gasteiger partial charge in [-0.05, 0) is 74.4 Å². The molecule has 7 nitrogen and oxygen atoms in total. The minimum absolute atomic E-state index is 0.131. The van der Waals surface area contributed by atoms with Crippen LogP contribution in [0.5, 0.6) is 0 Å². The minimum Gasteiger partial charge on any atom is -0.377 e. The van der Waals surface area contributed by atoms with E-state index in [1.54, 1.807) is 30.2 Å². The molecule has 2 aliphatic rings. The third-order valence-electron chi connectivity index (χ3n) is 7.18. The summed E-state index contributed by atoms with van der Waals surface area (Å²) in [4.78, 5) is 13.2. The maximum atomic E-state index is 15.3. The van der Waals surface area contributed by atoms with Gasteiger partial charge in [-0.2, -0.15) is 5.10 Å². The van der Waals surface area contributed by atoms with Gasteiger partial charge in [0.1, 0.15) is 22.8 Å². The molecule has 0 bridgehead atoms. The van der Waals surface area contributed by atoms with Crippen molar-refractivity contribution >= 4 is 28.5 Å². The third kappa shape index (κ3) is 4.60. The van der Waals surface area contributed by atoms with Crippen molar-refractivity contribution in [3.05, 3.63) is 54.6 Å². The fourth-order valence-corrected chi connectivity index (χ4v) is 5.69. The topological polar surface area (TPSA) is 65.3 Å². The number of benzene rings is 1. The summed E-state index contributed by atoms with van der Waals surface area (Å²) in [6.07, 6.45) is 8.49. The maximum Gasteiger partial charge on any atom is 0.150 e. The van der Waals surface area contributed by atoms with E-state index >= 15 is 4.39 Å². The van der Waals surface area contributed by atoms with Crippen LogP contribution in [0.4, 0.5) is 10.2 Å². The zero-order valence-electron chi connectivity index (χ0n) is 21.1. The van der Waals surface area contributed by atoms with Crippen molar-refractivity contribution in [1.29, 1.82) is 0 Å². The highest BCUT2D eigenvalue weighted by molar-refractivity contribution is 7.98. The molecule has 2 saturated heterocycles. The molecule has 0 radical (unpaired) electrons. The molecule has 3 aromatic heterocycles. The van der Waals surface area contributed by atoms with Crippen molar-refractivity contribution in [3.8, 4) is 22.5 Å². The maximum absolute atomic E-state index is 15.3. The van der Waals surface area contributed by atoms with E-state index in [-0.39, 0.29) is 18.1 Å². The van der Waals surface area contributed by atoms with Gasteiger partial charge in [-0.15, -0.1) is 11.8 Å². The zero-order chi connectivity index (χ0) is 25.4. The number of rotatable bonds is 5. The molecule has 0 spiro atoms. The van der Waals surface area contributed by atoms with Gasteiger partial charge in [-0.1, -0.05) is 0 Å². The Morgan fingerprint density at radius 1 is 1.05 bits per heavy atom. The average molecular weight is 520 g/mol. The molecule has 2 fully saturated rings. The molecule has 2 atom stereocenters. The van der Waals surface area contributed by atoms with Gasteiger partial charge >= 0.3 is 0 Å². The van der Waals surface area contributed by atoms with Crippen LogP contribution in [0.3, 0.4) is 0 Å². The molecule has 4 aromatic rings. The third-order valence-corrected chi connectivity index (χ3v) is 7.91. The summed E-state index contributed by atoms with van der Waals surface area (Å²) in [5, 5.41) is 5.45. The van der Waals surface area contributed by atoms with Crippen LogP contribution in [-0.2, 0) is 9.47 Å². The van der Waals surface area contributed by atoms with Crippen LogP contribution in [0.25, 0.3) is 33.4 Å². The lowest BCUT2D eigenvalue weighted by Crippen LogP contribution is -2.44. The Hall–Kier alpha value is -3.01. The number of hydrogen-bond acceptors (Lipinski definition) is 7. The highest BCUT2D eigenvalue weighted by Gasteiger charge is 2.26. The van der Waals surface area contributed by atoms with E-state index in [2.05, 4.69) is 16.9 Å². The van der Waals surface area contributed by atoms with E-state index < -0.39 is 0 Å². The Morgan fingerprint density at radius 2 is 1.97 bits per heavy atom. The van der Waals surface area contributed by atoms with E-state index in [4.69, 9.17) is 19.4 Å². The van der Waals surface area contributed by atoms with Gasteiger partial charge < -0.3 is 14.4 Å². The summed E-state index contributed by atoms with van der Waals surface area (Å²) >= 11 is 1.60. The average Bonchev–Trinajstić information content (AvgIpc) is 3.43. The number of ether oxygens (including phenoxy) is 2. The van der Waals surface area contributed by atoms with Crippen LogP contribution < -0.4 is 4.90 Å². The number of fused-ring (bicyclic) bond motifs is 1. The quantitative estimate of drug-likeness (QED) is 0.302. The molecule has 0 N–H and O–H groups in total. The van der Waals surface area contributed by atoms with Crippen LogP contribution in [0.15, 0.2) is 53.7 Å². The molecule has 9 heteroatoms. The summed E-state index contributed by atoms with van der Waals surface area (Å²) in [6.45, 7) is 4.81. The predicted molar refractivity (Wildman–Crippen MR) is 144 cm³/mol.